The molecule has 0 saturated carbocycles. The molecule has 0 aliphatic carbocycles. The van der Waals surface area contributed by atoms with Crippen molar-refractivity contribution in [1.29, 1.82) is 0 Å². The molecule has 0 aliphatic heterocycles. The normalized spacial score (nSPS) is 14.6. The Balaban J connectivity index is 0.00000765. The number of imidazole rings is 1. The molecule has 0 fully saturated rings. The molecule has 0 radical (unpaired) electrons. The van der Waals surface area contributed by atoms with Crippen LogP contribution in [0.3, 0.4) is 0 Å². The molecule has 0 amide bonds. The van der Waals surface area contributed by atoms with Crippen molar-refractivity contribution in [2.75, 3.05) is 0 Å². The number of para-hydroxylation sites is 1. The summed E-state index contributed by atoms with van der Waals surface area (Å²) in [5.74, 6) is 0.750. The molecule has 0 spiro atoms. The predicted molar refractivity (Wildman–Crippen MR) is 277 cm³/mol. The number of phenols is 1. The number of benzene rings is 7. The first-order valence-electron chi connectivity index (χ1n) is 27.0. The van der Waals surface area contributed by atoms with Gasteiger partial charge in [-0.05, 0) is 98.9 Å². The summed E-state index contributed by atoms with van der Waals surface area (Å²) in [4.78, 5) is 10.4. The van der Waals surface area contributed by atoms with Crippen LogP contribution in [0, 0.1) is 13.0 Å². The van der Waals surface area contributed by atoms with Crippen LogP contribution >= 0.6 is 0 Å². The molecule has 0 aliphatic rings. The summed E-state index contributed by atoms with van der Waals surface area (Å²) in [7, 11) is 0. The van der Waals surface area contributed by atoms with Crippen molar-refractivity contribution in [3.05, 3.63) is 192 Å². The Kier molecular flexibility index (Phi) is 10.1. The maximum Gasteiger partial charge on any atom is 0.148 e. The molecule has 67 heavy (non-hydrogen) atoms. The minimum atomic E-state index is -3.38. The topological polar surface area (TPSA) is 50.9 Å². The first-order chi connectivity index (χ1) is 35.2. The largest absolute Gasteiger partial charge is 0.507 e. The van der Waals surface area contributed by atoms with Crippen LogP contribution in [0.15, 0.2) is 164 Å². The molecule has 4 nitrogen and oxygen atoms in total. The van der Waals surface area contributed by atoms with E-state index in [4.69, 9.17) is 22.3 Å². The molecule has 9 rings (SSSR count). The van der Waals surface area contributed by atoms with E-state index < -0.39 is 26.0 Å². The Hall–Kier alpha value is -6.35. The third-order valence-corrected chi connectivity index (χ3v) is 12.9. The van der Waals surface area contributed by atoms with Crippen LogP contribution in [0.5, 0.6) is 5.75 Å². The molecule has 0 bridgehead atoms. The van der Waals surface area contributed by atoms with E-state index in [1.807, 2.05) is 79.7 Å². The zero-order chi connectivity index (χ0) is 54.0. The zero-order valence-electron chi connectivity index (χ0n) is 47.9. The SMILES string of the molecule is [2H]C([2H])([2H])C(c1ccc(-c2ccnc(-c3[c-]c(-c4cccc5c4nc(-c4cc(C)cc(C(C)(C)C)c4O)n5-c4ccc(C(C)(C)CC)cc4-c4ccccc4)cc(-c4ccccc4)c3)c2)cc1)(C([2H])([2H])[2H])C([2H])([2H])[2H].[Pt]. The second kappa shape index (κ2) is 18.4. The van der Waals surface area contributed by atoms with E-state index in [0.29, 0.717) is 39.3 Å². The summed E-state index contributed by atoms with van der Waals surface area (Å²) in [6, 6.07) is 54.5. The van der Waals surface area contributed by atoms with Gasteiger partial charge in [-0.15, -0.1) is 23.8 Å². The van der Waals surface area contributed by atoms with Gasteiger partial charge in [-0.1, -0.05) is 194 Å². The summed E-state index contributed by atoms with van der Waals surface area (Å²) in [5, 5.41) is 12.4. The van der Waals surface area contributed by atoms with Gasteiger partial charge in [-0.3, -0.25) is 9.55 Å². The van der Waals surface area contributed by atoms with Gasteiger partial charge in [0, 0.05) is 56.4 Å². The van der Waals surface area contributed by atoms with Gasteiger partial charge < -0.3 is 5.11 Å². The maximum absolute atomic E-state index is 12.4. The number of hydrogen-bond acceptors (Lipinski definition) is 3. The van der Waals surface area contributed by atoms with E-state index >= 15 is 0 Å². The second-order valence-electron chi connectivity index (χ2n) is 19.1. The van der Waals surface area contributed by atoms with Crippen LogP contribution in [0.4, 0.5) is 0 Å². The minimum Gasteiger partial charge on any atom is -0.507 e. The number of rotatable bonds is 9. The van der Waals surface area contributed by atoms with Crippen molar-refractivity contribution in [3.63, 3.8) is 0 Å². The van der Waals surface area contributed by atoms with Crippen molar-refractivity contribution < 1.29 is 38.5 Å². The van der Waals surface area contributed by atoms with Gasteiger partial charge in [0.25, 0.3) is 0 Å². The Labute approximate surface area is 424 Å². The quantitative estimate of drug-likeness (QED) is 0.147. The fourth-order valence-corrected chi connectivity index (χ4v) is 8.79. The number of aromatic hydroxyl groups is 1. The van der Waals surface area contributed by atoms with E-state index in [1.54, 1.807) is 24.4 Å². The monoisotopic (exact) mass is 1070 g/mol. The number of hydrogen-bond donors (Lipinski definition) is 1. The molecule has 0 atom stereocenters. The standard InChI is InChI=1S/C62H60N3O.Pt/c1-11-62(9,10)49-29-30-55(51(39-49)43-21-16-13-17-22-43)65-56-24-18-23-50(57(56)64-59(65)52-33-40(2)34-53(58(52)66)61(6,7)8)46-35-45(41-19-14-12-15-20-41)36-47(37-46)54-38-44(31-32-63-54)42-25-27-48(28-26-42)60(3,4)5;/h12-36,38-39,66H,11H2,1-10H3;/q-1;/i3D3,4D3,5D3;. The molecule has 0 saturated heterocycles. The number of aromatic nitrogens is 3. The zero-order valence-corrected chi connectivity index (χ0v) is 41.2. The van der Waals surface area contributed by atoms with Gasteiger partial charge in [-0.2, -0.15) is 0 Å². The molecular weight excluding hydrogens is 998 g/mol. The van der Waals surface area contributed by atoms with Gasteiger partial charge >= 0.3 is 0 Å². The minimum absolute atomic E-state index is 0. The molecule has 7 aromatic carbocycles. The smallest absolute Gasteiger partial charge is 0.148 e. The van der Waals surface area contributed by atoms with Crippen LogP contribution in [0.2, 0.25) is 0 Å². The number of phenolic OH excluding ortho intramolecular Hbond substituents is 1. The second-order valence-corrected chi connectivity index (χ2v) is 19.1. The van der Waals surface area contributed by atoms with Gasteiger partial charge in [0.1, 0.15) is 11.6 Å². The van der Waals surface area contributed by atoms with Gasteiger partial charge in [0.2, 0.25) is 0 Å². The maximum atomic E-state index is 12.4. The van der Waals surface area contributed by atoms with Crippen molar-refractivity contribution >= 4 is 11.0 Å². The number of nitrogens with zero attached hydrogens (tertiary/aromatic N) is 3. The number of aryl methyl sites for hydroxylation is 1. The van der Waals surface area contributed by atoms with E-state index in [-0.39, 0.29) is 43.2 Å². The van der Waals surface area contributed by atoms with E-state index in [1.165, 1.54) is 17.7 Å². The molecule has 1 N–H and O–H groups in total. The first-order valence-corrected chi connectivity index (χ1v) is 22.5. The van der Waals surface area contributed by atoms with Crippen molar-refractivity contribution in [1.82, 2.24) is 14.5 Å². The fourth-order valence-electron chi connectivity index (χ4n) is 8.79. The Morgan fingerprint density at radius 3 is 1.93 bits per heavy atom. The summed E-state index contributed by atoms with van der Waals surface area (Å²) in [5.41, 5.74) is 10.1. The predicted octanol–water partition coefficient (Wildman–Crippen LogP) is 16.5. The molecule has 340 valence electrons. The van der Waals surface area contributed by atoms with Crippen LogP contribution in [0.1, 0.15) is 103 Å². The number of fused-ring (bicyclic) bond motifs is 1. The van der Waals surface area contributed by atoms with Crippen molar-refractivity contribution in [3.8, 4) is 78.6 Å². The molecule has 9 aromatic rings. The van der Waals surface area contributed by atoms with Crippen LogP contribution in [0.25, 0.3) is 83.9 Å². The van der Waals surface area contributed by atoms with Crippen LogP contribution < -0.4 is 0 Å². The van der Waals surface area contributed by atoms with Crippen LogP contribution in [-0.2, 0) is 37.3 Å². The summed E-state index contributed by atoms with van der Waals surface area (Å²) < 4.78 is 76.2. The Morgan fingerprint density at radius 1 is 0.597 bits per heavy atom. The van der Waals surface area contributed by atoms with E-state index in [2.05, 4.69) is 107 Å². The van der Waals surface area contributed by atoms with E-state index in [9.17, 15) is 5.11 Å². The summed E-state index contributed by atoms with van der Waals surface area (Å²) >= 11 is 0. The van der Waals surface area contributed by atoms with Gasteiger partial charge in [0.15, 0.2) is 0 Å². The molecule has 2 heterocycles. The van der Waals surface area contributed by atoms with Gasteiger partial charge in [-0.25, -0.2) is 4.98 Å². The number of pyridine rings is 1. The Morgan fingerprint density at radius 2 is 1.25 bits per heavy atom. The summed E-state index contributed by atoms with van der Waals surface area (Å²) in [6.45, 7) is 4.93. The molecule has 0 unspecified atom stereocenters. The summed E-state index contributed by atoms with van der Waals surface area (Å²) in [6.07, 6.45) is 2.60. The average molecular weight is 1070 g/mol. The third kappa shape index (κ3) is 9.34. The van der Waals surface area contributed by atoms with Crippen LogP contribution in [-0.4, -0.2) is 19.6 Å². The van der Waals surface area contributed by atoms with Crippen molar-refractivity contribution in [2.24, 2.45) is 0 Å². The average Bonchev–Trinajstić information content (AvgIpc) is 3.75. The Bertz CT molecular complexity index is 3540. The molecule has 5 heteroatoms. The molecule has 2 aromatic heterocycles. The molecular formula is C62H60N3OPt-. The first kappa shape index (κ1) is 36.7. The van der Waals surface area contributed by atoms with Crippen molar-refractivity contribution in [2.45, 2.75) is 91.7 Å². The third-order valence-electron chi connectivity index (χ3n) is 12.9. The van der Waals surface area contributed by atoms with Gasteiger partial charge in [0.05, 0.1) is 22.3 Å². The fraction of sp³-hybridized carbons (Fsp3) is 0.226. The van der Waals surface area contributed by atoms with E-state index in [0.717, 1.165) is 62.1 Å².